The van der Waals surface area contributed by atoms with Gasteiger partial charge in [0, 0.05) is 32.9 Å². The number of aromatic carboxylic acids is 2. The van der Waals surface area contributed by atoms with Crippen LogP contribution in [0.2, 0.25) is 0 Å². The van der Waals surface area contributed by atoms with Gasteiger partial charge in [0.05, 0.1) is 12.4 Å². The van der Waals surface area contributed by atoms with E-state index in [-0.39, 0.29) is 22.5 Å². The number of phenols is 2. The Balaban J connectivity index is 1.26. The molecule has 0 saturated heterocycles. The fourth-order valence-electron chi connectivity index (χ4n) is 5.02. The summed E-state index contributed by atoms with van der Waals surface area (Å²) in [6.45, 7) is 0. The van der Waals surface area contributed by atoms with E-state index in [9.17, 15) is 30.0 Å². The number of nitrogens with one attached hydrogen (secondary N) is 1. The maximum absolute atomic E-state index is 11.4. The van der Waals surface area contributed by atoms with E-state index in [1.165, 1.54) is 33.6 Å². The molecule has 0 atom stereocenters. The summed E-state index contributed by atoms with van der Waals surface area (Å²) >= 11 is 0. The summed E-state index contributed by atoms with van der Waals surface area (Å²) in [5, 5.41) is 58.0. The number of para-hydroxylation sites is 2. The second-order valence-electron chi connectivity index (χ2n) is 9.70. The molecule has 0 aliphatic carbocycles. The van der Waals surface area contributed by atoms with Gasteiger partial charge in [-0.3, -0.25) is 0 Å². The standard InChI is InChI=1S/C30H19N7O6/c38-27-17(29(40)41)3-1-5-25(27)36-13-23(32-34-36)15-7-9-21-19(11-15)20-12-16(8-10-22(20)31-21)24-14-37(35-33-24)26-6-2-4-18(28(26)39)30(42)43/h1-14,31,38-39H,(H,40,41)(H,42,43). The number of hydrogen-bond donors (Lipinski definition) is 5. The first kappa shape index (κ1) is 25.5. The first-order valence-corrected chi connectivity index (χ1v) is 12.8. The number of carboxylic acids is 2. The normalized spacial score (nSPS) is 11.3. The lowest BCUT2D eigenvalue weighted by Gasteiger charge is -2.05. The molecule has 3 heterocycles. The number of aromatic hydroxyl groups is 2. The zero-order chi connectivity index (χ0) is 29.8. The minimum atomic E-state index is -1.25. The summed E-state index contributed by atoms with van der Waals surface area (Å²) in [5.41, 5.74) is 4.19. The fourth-order valence-corrected chi connectivity index (χ4v) is 5.02. The molecule has 0 unspecified atom stereocenters. The van der Waals surface area contributed by atoms with Crippen LogP contribution < -0.4 is 0 Å². The number of nitrogens with zero attached hydrogens (tertiary/aromatic N) is 6. The van der Waals surface area contributed by atoms with Gasteiger partial charge in [-0.25, -0.2) is 19.0 Å². The second-order valence-corrected chi connectivity index (χ2v) is 9.70. The van der Waals surface area contributed by atoms with E-state index in [1.54, 1.807) is 24.5 Å². The molecule has 43 heavy (non-hydrogen) atoms. The minimum absolute atomic E-state index is 0.188. The third-order valence-corrected chi connectivity index (χ3v) is 7.16. The number of aromatic nitrogens is 7. The van der Waals surface area contributed by atoms with Crippen molar-refractivity contribution in [3.63, 3.8) is 0 Å². The Hall–Kier alpha value is -6.50. The van der Waals surface area contributed by atoms with Crippen LogP contribution in [-0.2, 0) is 0 Å². The number of carboxylic acid groups (broad SMARTS) is 2. The highest BCUT2D eigenvalue weighted by molar-refractivity contribution is 6.09. The minimum Gasteiger partial charge on any atom is -0.505 e. The van der Waals surface area contributed by atoms with E-state index in [0.717, 1.165) is 32.9 Å². The number of carbonyl (C=O) groups is 2. The first-order chi connectivity index (χ1) is 20.8. The van der Waals surface area contributed by atoms with Crippen molar-refractivity contribution in [3.05, 3.63) is 96.3 Å². The lowest BCUT2D eigenvalue weighted by molar-refractivity contribution is 0.0682. The van der Waals surface area contributed by atoms with Crippen molar-refractivity contribution in [2.24, 2.45) is 0 Å². The van der Waals surface area contributed by atoms with Gasteiger partial charge < -0.3 is 25.4 Å². The van der Waals surface area contributed by atoms with Gasteiger partial charge in [-0.1, -0.05) is 34.7 Å². The molecule has 0 radical (unpaired) electrons. The summed E-state index contributed by atoms with van der Waals surface area (Å²) in [5.74, 6) is -3.32. The van der Waals surface area contributed by atoms with Crippen LogP contribution in [0.15, 0.2) is 85.2 Å². The number of fused-ring (bicyclic) bond motifs is 3. The molecule has 7 aromatic rings. The van der Waals surface area contributed by atoms with Crippen molar-refractivity contribution in [2.45, 2.75) is 0 Å². The van der Waals surface area contributed by atoms with E-state index in [0.29, 0.717) is 11.4 Å². The average Bonchev–Trinajstić information content (AvgIpc) is 3.75. The van der Waals surface area contributed by atoms with Crippen LogP contribution >= 0.6 is 0 Å². The molecule has 7 rings (SSSR count). The number of rotatable bonds is 6. The molecule has 0 aliphatic rings. The third kappa shape index (κ3) is 4.19. The highest BCUT2D eigenvalue weighted by Gasteiger charge is 2.18. The highest BCUT2D eigenvalue weighted by atomic mass is 16.4. The van der Waals surface area contributed by atoms with Gasteiger partial charge in [-0.2, -0.15) is 0 Å². The summed E-state index contributed by atoms with van der Waals surface area (Å²) < 4.78 is 2.64. The van der Waals surface area contributed by atoms with Crippen molar-refractivity contribution in [3.8, 4) is 45.4 Å². The number of hydrogen-bond acceptors (Lipinski definition) is 8. The molecule has 5 N–H and O–H groups in total. The largest absolute Gasteiger partial charge is 0.505 e. The highest BCUT2D eigenvalue weighted by Crippen LogP contribution is 2.34. The van der Waals surface area contributed by atoms with Crippen LogP contribution in [0.1, 0.15) is 20.7 Å². The summed E-state index contributed by atoms with van der Waals surface area (Å²) in [7, 11) is 0. The SMILES string of the molecule is O=C(O)c1cccc(-n2cc(-c3ccc4[nH]c5ccc(-c6cn(-c7cccc(C(=O)O)c7O)nn6)cc5c4c3)nn2)c1O. The molecule has 3 aromatic heterocycles. The van der Waals surface area contributed by atoms with Crippen LogP contribution in [0.4, 0.5) is 0 Å². The van der Waals surface area contributed by atoms with Gasteiger partial charge in [0.15, 0.2) is 11.5 Å². The van der Waals surface area contributed by atoms with Crippen molar-refractivity contribution in [1.82, 2.24) is 35.0 Å². The molecule has 13 nitrogen and oxygen atoms in total. The molecule has 0 amide bonds. The Morgan fingerprint density at radius 3 is 1.49 bits per heavy atom. The van der Waals surface area contributed by atoms with Crippen LogP contribution in [0, 0.1) is 0 Å². The maximum atomic E-state index is 11.4. The predicted molar refractivity (Wildman–Crippen MR) is 154 cm³/mol. The van der Waals surface area contributed by atoms with Gasteiger partial charge in [0.2, 0.25) is 0 Å². The molecule has 210 valence electrons. The topological polar surface area (TPSA) is 192 Å². The molecule has 0 saturated carbocycles. The smallest absolute Gasteiger partial charge is 0.339 e. The van der Waals surface area contributed by atoms with Crippen molar-refractivity contribution < 1.29 is 30.0 Å². The van der Waals surface area contributed by atoms with Gasteiger partial charge in [-0.05, 0) is 48.5 Å². The number of benzene rings is 4. The van der Waals surface area contributed by atoms with E-state index in [1.807, 2.05) is 36.4 Å². The Kier molecular flexibility index (Phi) is 5.66. The molecule has 0 bridgehead atoms. The maximum Gasteiger partial charge on any atom is 0.339 e. The van der Waals surface area contributed by atoms with E-state index in [4.69, 9.17) is 0 Å². The van der Waals surface area contributed by atoms with E-state index in [2.05, 4.69) is 25.6 Å². The summed E-state index contributed by atoms with van der Waals surface area (Å²) in [6, 6.07) is 20.2. The number of H-pyrrole nitrogens is 1. The molecule has 13 heteroatoms. The first-order valence-electron chi connectivity index (χ1n) is 12.8. The average molecular weight is 574 g/mol. The predicted octanol–water partition coefficient (Wildman–Crippen LogP) is 4.62. The monoisotopic (exact) mass is 573 g/mol. The van der Waals surface area contributed by atoms with Crippen LogP contribution in [-0.4, -0.2) is 67.3 Å². The van der Waals surface area contributed by atoms with E-state index < -0.39 is 23.4 Å². The molecular weight excluding hydrogens is 554 g/mol. The quantitative estimate of drug-likeness (QED) is 0.187. The molecule has 0 spiro atoms. The van der Waals surface area contributed by atoms with Gasteiger partial charge >= 0.3 is 11.9 Å². The van der Waals surface area contributed by atoms with Crippen molar-refractivity contribution in [1.29, 1.82) is 0 Å². The molecular formula is C30H19N7O6. The van der Waals surface area contributed by atoms with Gasteiger partial charge in [0.1, 0.15) is 33.9 Å². The Morgan fingerprint density at radius 2 is 1.07 bits per heavy atom. The third-order valence-electron chi connectivity index (χ3n) is 7.16. The molecule has 4 aromatic carbocycles. The van der Waals surface area contributed by atoms with Gasteiger partial charge in [-0.15, -0.1) is 10.2 Å². The summed E-state index contributed by atoms with van der Waals surface area (Å²) in [6.07, 6.45) is 3.21. The zero-order valence-electron chi connectivity index (χ0n) is 21.9. The zero-order valence-corrected chi connectivity index (χ0v) is 21.9. The Bertz CT molecular complexity index is 2090. The molecule has 0 fully saturated rings. The van der Waals surface area contributed by atoms with Gasteiger partial charge in [0.25, 0.3) is 0 Å². The van der Waals surface area contributed by atoms with Crippen LogP contribution in [0.25, 0.3) is 55.7 Å². The van der Waals surface area contributed by atoms with Crippen molar-refractivity contribution >= 4 is 33.7 Å². The Labute approximate surface area is 240 Å². The van der Waals surface area contributed by atoms with Crippen LogP contribution in [0.3, 0.4) is 0 Å². The molecule has 0 aliphatic heterocycles. The second kappa shape index (κ2) is 9.55. The van der Waals surface area contributed by atoms with Crippen molar-refractivity contribution in [2.75, 3.05) is 0 Å². The fraction of sp³-hybridized carbons (Fsp3) is 0. The van der Waals surface area contributed by atoms with E-state index >= 15 is 0 Å². The summed E-state index contributed by atoms with van der Waals surface area (Å²) in [4.78, 5) is 26.2. The number of aromatic amines is 1. The van der Waals surface area contributed by atoms with Crippen LogP contribution in [0.5, 0.6) is 11.5 Å². The lowest BCUT2D eigenvalue weighted by Crippen LogP contribution is -2.01. The Morgan fingerprint density at radius 1 is 0.628 bits per heavy atom. The lowest BCUT2D eigenvalue weighted by atomic mass is 10.0.